The summed E-state index contributed by atoms with van der Waals surface area (Å²) in [5.74, 6) is 0.974. The minimum Gasteiger partial charge on any atom is -0.494 e. The van der Waals surface area contributed by atoms with E-state index >= 15 is 0 Å². The number of β-amino-alcohol motifs (C(OH)–C–C–N with tert-alkyl or cyclic N) is 1. The normalized spacial score (nSPS) is 18.9. The molecular formula is C16H23NO3. The van der Waals surface area contributed by atoms with Crippen molar-refractivity contribution >= 4 is 5.91 Å². The molecule has 0 aliphatic carbocycles. The second kappa shape index (κ2) is 7.29. The Balaban J connectivity index is 1.66. The van der Waals surface area contributed by atoms with Crippen LogP contribution in [0.2, 0.25) is 0 Å². The van der Waals surface area contributed by atoms with E-state index in [2.05, 4.69) is 0 Å². The molecule has 1 N–H and O–H groups in total. The zero-order valence-corrected chi connectivity index (χ0v) is 12.0. The molecule has 1 unspecified atom stereocenters. The molecule has 0 saturated carbocycles. The number of piperidine rings is 1. The number of aliphatic hydroxyl groups is 1. The Labute approximate surface area is 120 Å². The van der Waals surface area contributed by atoms with Gasteiger partial charge in [-0.25, -0.2) is 0 Å². The van der Waals surface area contributed by atoms with E-state index in [1.54, 1.807) is 4.90 Å². The molecule has 1 aromatic carbocycles. The highest BCUT2D eigenvalue weighted by Crippen LogP contribution is 2.14. The fraction of sp³-hybridized carbons (Fsp3) is 0.562. The van der Waals surface area contributed by atoms with Crippen LogP contribution in [0.1, 0.15) is 31.2 Å². The first-order valence-corrected chi connectivity index (χ1v) is 7.30. The van der Waals surface area contributed by atoms with E-state index in [1.807, 2.05) is 31.2 Å². The van der Waals surface area contributed by atoms with Crippen LogP contribution in [0.5, 0.6) is 5.75 Å². The van der Waals surface area contributed by atoms with Crippen molar-refractivity contribution in [2.75, 3.05) is 19.7 Å². The number of nitrogens with zero attached hydrogens (tertiary/aromatic N) is 1. The highest BCUT2D eigenvalue weighted by molar-refractivity contribution is 5.76. The third-order valence-corrected chi connectivity index (χ3v) is 3.54. The number of benzene rings is 1. The topological polar surface area (TPSA) is 49.8 Å². The lowest BCUT2D eigenvalue weighted by atomic mass is 10.1. The predicted molar refractivity (Wildman–Crippen MR) is 77.7 cm³/mol. The van der Waals surface area contributed by atoms with Gasteiger partial charge < -0.3 is 14.7 Å². The molecular weight excluding hydrogens is 254 g/mol. The molecule has 0 spiro atoms. The zero-order chi connectivity index (χ0) is 14.4. The van der Waals surface area contributed by atoms with Gasteiger partial charge in [0.25, 0.3) is 0 Å². The molecule has 1 aromatic rings. The molecule has 1 aliphatic rings. The average Bonchev–Trinajstić information content (AvgIpc) is 2.43. The molecule has 1 atom stereocenters. The van der Waals surface area contributed by atoms with Crippen LogP contribution in [0.3, 0.4) is 0 Å². The maximum absolute atomic E-state index is 12.0. The Bertz CT molecular complexity index is 447. The van der Waals surface area contributed by atoms with Gasteiger partial charge in [0.05, 0.1) is 12.7 Å². The lowest BCUT2D eigenvalue weighted by Gasteiger charge is -2.30. The van der Waals surface area contributed by atoms with E-state index in [4.69, 9.17) is 4.74 Å². The van der Waals surface area contributed by atoms with E-state index in [1.165, 1.54) is 5.56 Å². The molecule has 20 heavy (non-hydrogen) atoms. The highest BCUT2D eigenvalue weighted by atomic mass is 16.5. The minimum atomic E-state index is -0.351. The maximum atomic E-state index is 12.0. The number of amides is 1. The van der Waals surface area contributed by atoms with Crippen molar-refractivity contribution in [2.45, 2.75) is 38.7 Å². The second-order valence-electron chi connectivity index (χ2n) is 5.40. The molecule has 0 aromatic heterocycles. The Hall–Kier alpha value is -1.55. The molecule has 0 bridgehead atoms. The van der Waals surface area contributed by atoms with Gasteiger partial charge in [0, 0.05) is 19.5 Å². The smallest absolute Gasteiger partial charge is 0.222 e. The number of ether oxygens (including phenoxy) is 1. The van der Waals surface area contributed by atoms with E-state index in [-0.39, 0.29) is 12.0 Å². The van der Waals surface area contributed by atoms with Gasteiger partial charge in [0.15, 0.2) is 0 Å². The van der Waals surface area contributed by atoms with E-state index in [9.17, 15) is 9.90 Å². The number of aliphatic hydroxyl groups excluding tert-OH is 1. The highest BCUT2D eigenvalue weighted by Gasteiger charge is 2.21. The van der Waals surface area contributed by atoms with Gasteiger partial charge in [-0.3, -0.25) is 4.79 Å². The van der Waals surface area contributed by atoms with Crippen LogP contribution in [0.25, 0.3) is 0 Å². The number of carbonyl (C=O) groups excluding carboxylic acids is 1. The van der Waals surface area contributed by atoms with Crippen molar-refractivity contribution in [3.8, 4) is 5.75 Å². The number of carbonyl (C=O) groups is 1. The van der Waals surface area contributed by atoms with Crippen LogP contribution in [-0.4, -0.2) is 41.7 Å². The third kappa shape index (κ3) is 4.53. The molecule has 0 radical (unpaired) electrons. The molecule has 110 valence electrons. The third-order valence-electron chi connectivity index (χ3n) is 3.54. The van der Waals surface area contributed by atoms with E-state index in [0.717, 1.165) is 25.1 Å². The van der Waals surface area contributed by atoms with Crippen molar-refractivity contribution in [2.24, 2.45) is 0 Å². The van der Waals surface area contributed by atoms with Crippen LogP contribution in [0, 0.1) is 6.92 Å². The summed E-state index contributed by atoms with van der Waals surface area (Å²) in [6.07, 6.45) is 2.54. The first-order chi connectivity index (χ1) is 9.65. The number of likely N-dealkylation sites (tertiary alicyclic amines) is 1. The van der Waals surface area contributed by atoms with Crippen LogP contribution in [0.4, 0.5) is 0 Å². The number of rotatable bonds is 5. The Morgan fingerprint density at radius 3 is 3.10 bits per heavy atom. The first-order valence-electron chi connectivity index (χ1n) is 7.30. The Morgan fingerprint density at radius 1 is 1.50 bits per heavy atom. The largest absolute Gasteiger partial charge is 0.494 e. The van der Waals surface area contributed by atoms with Crippen molar-refractivity contribution < 1.29 is 14.6 Å². The zero-order valence-electron chi connectivity index (χ0n) is 12.0. The number of hydrogen-bond acceptors (Lipinski definition) is 3. The van der Waals surface area contributed by atoms with Gasteiger partial charge in [-0.15, -0.1) is 0 Å². The standard InChI is InChI=1S/C16H23NO3/c1-13-5-2-7-15(11-13)20-10-4-8-16(19)17-9-3-6-14(18)12-17/h2,5,7,11,14,18H,3-4,6,8-10,12H2,1H3. The van der Waals surface area contributed by atoms with Gasteiger partial charge in [0.1, 0.15) is 5.75 Å². The summed E-state index contributed by atoms with van der Waals surface area (Å²) in [7, 11) is 0. The molecule has 1 heterocycles. The van der Waals surface area contributed by atoms with Crippen molar-refractivity contribution in [3.63, 3.8) is 0 Å². The summed E-state index contributed by atoms with van der Waals surface area (Å²) < 4.78 is 5.63. The van der Waals surface area contributed by atoms with Crippen molar-refractivity contribution in [1.82, 2.24) is 4.90 Å². The van der Waals surface area contributed by atoms with Crippen LogP contribution in [0.15, 0.2) is 24.3 Å². The molecule has 2 rings (SSSR count). The maximum Gasteiger partial charge on any atom is 0.222 e. The molecule has 4 heteroatoms. The van der Waals surface area contributed by atoms with Gasteiger partial charge in [0.2, 0.25) is 5.91 Å². The fourth-order valence-corrected chi connectivity index (χ4v) is 2.46. The van der Waals surface area contributed by atoms with Crippen LogP contribution in [-0.2, 0) is 4.79 Å². The summed E-state index contributed by atoms with van der Waals surface area (Å²) in [6, 6.07) is 7.90. The van der Waals surface area contributed by atoms with Gasteiger partial charge in [-0.05, 0) is 43.9 Å². The summed E-state index contributed by atoms with van der Waals surface area (Å²) in [5.41, 5.74) is 1.17. The Morgan fingerprint density at radius 2 is 2.35 bits per heavy atom. The lowest BCUT2D eigenvalue weighted by molar-refractivity contribution is -0.134. The Kier molecular flexibility index (Phi) is 5.41. The molecule has 1 saturated heterocycles. The number of hydrogen-bond donors (Lipinski definition) is 1. The molecule has 1 fully saturated rings. The monoisotopic (exact) mass is 277 g/mol. The predicted octanol–water partition coefficient (Wildman–Crippen LogP) is 2.14. The summed E-state index contributed by atoms with van der Waals surface area (Å²) in [4.78, 5) is 13.7. The quantitative estimate of drug-likeness (QED) is 0.839. The van der Waals surface area contributed by atoms with Gasteiger partial charge >= 0.3 is 0 Å². The fourth-order valence-electron chi connectivity index (χ4n) is 2.46. The number of aryl methyl sites for hydroxylation is 1. The molecule has 4 nitrogen and oxygen atoms in total. The molecule has 1 amide bonds. The van der Waals surface area contributed by atoms with E-state index < -0.39 is 0 Å². The van der Waals surface area contributed by atoms with Crippen LogP contribution < -0.4 is 4.74 Å². The summed E-state index contributed by atoms with van der Waals surface area (Å²) in [6.45, 7) is 3.83. The average molecular weight is 277 g/mol. The summed E-state index contributed by atoms with van der Waals surface area (Å²) >= 11 is 0. The van der Waals surface area contributed by atoms with Crippen LogP contribution >= 0.6 is 0 Å². The lowest BCUT2D eigenvalue weighted by Crippen LogP contribution is -2.42. The van der Waals surface area contributed by atoms with E-state index in [0.29, 0.717) is 26.0 Å². The summed E-state index contributed by atoms with van der Waals surface area (Å²) in [5, 5.41) is 9.56. The van der Waals surface area contributed by atoms with Gasteiger partial charge in [-0.2, -0.15) is 0 Å². The second-order valence-corrected chi connectivity index (χ2v) is 5.40. The first kappa shape index (κ1) is 14.9. The van der Waals surface area contributed by atoms with Crippen molar-refractivity contribution in [1.29, 1.82) is 0 Å². The minimum absolute atomic E-state index is 0.122. The van der Waals surface area contributed by atoms with Gasteiger partial charge in [-0.1, -0.05) is 12.1 Å². The molecule has 1 aliphatic heterocycles. The SMILES string of the molecule is Cc1cccc(OCCCC(=O)N2CCCC(O)C2)c1. The van der Waals surface area contributed by atoms with Crippen molar-refractivity contribution in [3.05, 3.63) is 29.8 Å².